The third-order valence-electron chi connectivity index (χ3n) is 2.70. The number of hydrogen-bond acceptors (Lipinski definition) is 3. The monoisotopic (exact) mass is 319 g/mol. The third-order valence-corrected chi connectivity index (χ3v) is 2.70. The Morgan fingerprint density at radius 1 is 1.23 bits per heavy atom. The number of hydrazone groups is 1. The van der Waals surface area contributed by atoms with E-state index in [1.807, 2.05) is 61.8 Å². The van der Waals surface area contributed by atoms with Crippen LogP contribution in [-0.4, -0.2) is 18.7 Å². The maximum atomic E-state index is 11.7. The van der Waals surface area contributed by atoms with Crippen molar-refractivity contribution < 1.29 is 26.5 Å². The molecule has 0 saturated carbocycles. The van der Waals surface area contributed by atoms with Gasteiger partial charge in [0.1, 0.15) is 5.75 Å². The molecule has 5 nitrogen and oxygen atoms in total. The predicted molar refractivity (Wildman–Crippen MR) is 80.0 cm³/mol. The molecule has 1 heterocycles. The van der Waals surface area contributed by atoms with Crippen molar-refractivity contribution >= 4 is 12.1 Å². The Kier molecular flexibility index (Phi) is 7.64. The summed E-state index contributed by atoms with van der Waals surface area (Å²) >= 11 is 0. The fraction of sp³-hybridized carbons (Fsp3) is 0.188. The molecule has 0 aliphatic carbocycles. The van der Waals surface area contributed by atoms with Gasteiger partial charge < -0.3 is 17.1 Å². The number of halogens is 1. The minimum absolute atomic E-state index is 0. The van der Waals surface area contributed by atoms with Crippen LogP contribution in [0.3, 0.4) is 0 Å². The molecule has 2 rings (SSSR count). The van der Waals surface area contributed by atoms with Gasteiger partial charge >= 0.3 is 5.91 Å². The number of nitrogens with one attached hydrogen (secondary N) is 1. The fourth-order valence-corrected chi connectivity index (χ4v) is 1.74. The smallest absolute Gasteiger partial charge is 0.305 e. The van der Waals surface area contributed by atoms with Crippen molar-refractivity contribution in [2.75, 3.05) is 6.61 Å². The van der Waals surface area contributed by atoms with Crippen molar-refractivity contribution in [2.24, 2.45) is 5.10 Å². The molecular weight excluding hydrogens is 302 g/mol. The molecule has 0 unspecified atom stereocenters. The molecular formula is C16H18ClN3O2. The summed E-state index contributed by atoms with van der Waals surface area (Å²) in [4.78, 5) is 11.7. The number of benzene rings is 1. The van der Waals surface area contributed by atoms with E-state index in [0.717, 1.165) is 11.3 Å². The minimum Gasteiger partial charge on any atom is -1.00 e. The van der Waals surface area contributed by atoms with Gasteiger partial charge in [-0.15, -0.1) is 0 Å². The summed E-state index contributed by atoms with van der Waals surface area (Å²) in [5, 5.41) is 3.93. The normalized spacial score (nSPS) is 10.0. The molecule has 0 bridgehead atoms. The van der Waals surface area contributed by atoms with Gasteiger partial charge in [-0.1, -0.05) is 6.07 Å². The van der Waals surface area contributed by atoms with Gasteiger partial charge in [-0.2, -0.15) is 9.67 Å². The first kappa shape index (κ1) is 17.7. The van der Waals surface area contributed by atoms with Crippen LogP contribution >= 0.6 is 0 Å². The van der Waals surface area contributed by atoms with Crippen LogP contribution in [0.5, 0.6) is 5.75 Å². The van der Waals surface area contributed by atoms with Crippen molar-refractivity contribution in [3.8, 4) is 5.75 Å². The number of aromatic nitrogens is 1. The molecule has 0 saturated heterocycles. The molecule has 0 spiro atoms. The fourth-order valence-electron chi connectivity index (χ4n) is 1.74. The van der Waals surface area contributed by atoms with Crippen LogP contribution in [0.1, 0.15) is 12.5 Å². The van der Waals surface area contributed by atoms with E-state index in [4.69, 9.17) is 4.74 Å². The Morgan fingerprint density at radius 3 is 2.55 bits per heavy atom. The van der Waals surface area contributed by atoms with Gasteiger partial charge in [0, 0.05) is 12.1 Å². The summed E-state index contributed by atoms with van der Waals surface area (Å²) in [7, 11) is 0. The minimum atomic E-state index is -0.173. The van der Waals surface area contributed by atoms with Crippen molar-refractivity contribution in [2.45, 2.75) is 13.5 Å². The summed E-state index contributed by atoms with van der Waals surface area (Å²) in [6.07, 6.45) is 5.26. The Hall–Kier alpha value is -2.40. The molecule has 1 N–H and O–H groups in total. The van der Waals surface area contributed by atoms with Crippen LogP contribution in [0.15, 0.2) is 60.0 Å². The van der Waals surface area contributed by atoms with Gasteiger partial charge in [0.05, 0.1) is 12.8 Å². The van der Waals surface area contributed by atoms with E-state index in [0.29, 0.717) is 6.61 Å². The van der Waals surface area contributed by atoms with Crippen LogP contribution in [0, 0.1) is 0 Å². The van der Waals surface area contributed by atoms with E-state index >= 15 is 0 Å². The van der Waals surface area contributed by atoms with Gasteiger partial charge in [-0.3, -0.25) is 4.79 Å². The number of carbonyl (C=O) groups excluding carboxylic acids is 1. The highest BCUT2D eigenvalue weighted by atomic mass is 35.5. The number of hydrogen-bond donors (Lipinski definition) is 1. The maximum absolute atomic E-state index is 11.7. The molecule has 0 radical (unpaired) electrons. The highest BCUT2D eigenvalue weighted by Gasteiger charge is 2.06. The number of ether oxygens (including phenoxy) is 1. The molecule has 1 aromatic heterocycles. The zero-order chi connectivity index (χ0) is 14.9. The highest BCUT2D eigenvalue weighted by molar-refractivity contribution is 5.82. The highest BCUT2D eigenvalue weighted by Crippen LogP contribution is 2.10. The number of pyridine rings is 1. The Bertz CT molecular complexity index is 601. The first-order valence-electron chi connectivity index (χ1n) is 6.77. The second-order valence-electron chi connectivity index (χ2n) is 4.34. The molecule has 116 valence electrons. The number of rotatable bonds is 6. The third kappa shape index (κ3) is 5.93. The van der Waals surface area contributed by atoms with Crippen LogP contribution in [0.4, 0.5) is 0 Å². The molecule has 6 heteroatoms. The molecule has 1 amide bonds. The Balaban J connectivity index is 0.00000242. The van der Waals surface area contributed by atoms with Crippen molar-refractivity contribution in [1.82, 2.24) is 5.43 Å². The lowest BCUT2D eigenvalue weighted by atomic mass is 10.2. The van der Waals surface area contributed by atoms with Gasteiger partial charge in [-0.05, 0) is 36.8 Å². The lowest BCUT2D eigenvalue weighted by molar-refractivity contribution is -0.684. The summed E-state index contributed by atoms with van der Waals surface area (Å²) in [6.45, 7) is 2.82. The number of carbonyl (C=O) groups is 1. The quantitative estimate of drug-likeness (QED) is 0.401. The Morgan fingerprint density at radius 2 is 1.91 bits per heavy atom. The van der Waals surface area contributed by atoms with Crippen LogP contribution in [0.2, 0.25) is 0 Å². The van der Waals surface area contributed by atoms with E-state index < -0.39 is 0 Å². The first-order chi connectivity index (χ1) is 10.3. The SMILES string of the molecule is CCOc1ccc(/C=N\NC(=O)C[n+]2ccccc2)cc1.[Cl-]. The summed E-state index contributed by atoms with van der Waals surface area (Å²) < 4.78 is 7.13. The lowest BCUT2D eigenvalue weighted by Gasteiger charge is -2.02. The zero-order valence-corrected chi connectivity index (χ0v) is 13.0. The van der Waals surface area contributed by atoms with Gasteiger partial charge in [0.25, 0.3) is 0 Å². The number of amides is 1. The van der Waals surface area contributed by atoms with E-state index in [9.17, 15) is 4.79 Å². The molecule has 2 aromatic rings. The van der Waals surface area contributed by atoms with Gasteiger partial charge in [0.15, 0.2) is 12.4 Å². The number of nitrogens with zero attached hydrogens (tertiary/aromatic N) is 2. The summed E-state index contributed by atoms with van der Waals surface area (Å²) in [5.74, 6) is 0.646. The Labute approximate surface area is 136 Å². The second-order valence-corrected chi connectivity index (χ2v) is 4.34. The summed E-state index contributed by atoms with van der Waals surface area (Å²) in [6, 6.07) is 13.1. The molecule has 22 heavy (non-hydrogen) atoms. The predicted octanol–water partition coefficient (Wildman–Crippen LogP) is -1.47. The maximum Gasteiger partial charge on any atom is 0.305 e. The average molecular weight is 320 g/mol. The molecule has 0 aliphatic heterocycles. The zero-order valence-electron chi connectivity index (χ0n) is 12.3. The second kappa shape index (κ2) is 9.52. The van der Waals surface area contributed by atoms with E-state index in [1.54, 1.807) is 10.8 Å². The largest absolute Gasteiger partial charge is 1.00 e. The van der Waals surface area contributed by atoms with Gasteiger partial charge in [-0.25, -0.2) is 5.43 Å². The van der Waals surface area contributed by atoms with Crippen molar-refractivity contribution in [3.63, 3.8) is 0 Å². The summed E-state index contributed by atoms with van der Waals surface area (Å²) in [5.41, 5.74) is 3.39. The van der Waals surface area contributed by atoms with Crippen molar-refractivity contribution in [3.05, 3.63) is 60.4 Å². The average Bonchev–Trinajstić information content (AvgIpc) is 2.50. The molecule has 0 fully saturated rings. The standard InChI is InChI=1S/C16H17N3O2.ClH/c1-2-21-15-8-6-14(7-9-15)12-17-18-16(20)13-19-10-4-3-5-11-19;/h3-12H,2,13H2,1H3;1H/b17-12-;. The van der Waals surface area contributed by atoms with E-state index in [1.165, 1.54) is 0 Å². The van der Waals surface area contributed by atoms with E-state index in [2.05, 4.69) is 10.5 Å². The topological polar surface area (TPSA) is 54.6 Å². The molecule has 1 aromatic carbocycles. The van der Waals surface area contributed by atoms with Crippen molar-refractivity contribution in [1.29, 1.82) is 0 Å². The van der Waals surface area contributed by atoms with E-state index in [-0.39, 0.29) is 24.9 Å². The van der Waals surface area contributed by atoms with Crippen LogP contribution in [0.25, 0.3) is 0 Å². The van der Waals surface area contributed by atoms with Crippen LogP contribution < -0.4 is 27.1 Å². The van der Waals surface area contributed by atoms with Crippen LogP contribution in [-0.2, 0) is 11.3 Å². The van der Waals surface area contributed by atoms with Gasteiger partial charge in [0.2, 0.25) is 6.54 Å². The molecule has 0 aliphatic rings. The first-order valence-corrected chi connectivity index (χ1v) is 6.77. The molecule has 0 atom stereocenters. The lowest BCUT2D eigenvalue weighted by Crippen LogP contribution is -3.00.